The maximum atomic E-state index is 12.5. The fraction of sp³-hybridized carbons (Fsp3) is 0.208. The second-order valence-corrected chi connectivity index (χ2v) is 10.6. The Morgan fingerprint density at radius 1 is 1.06 bits per heavy atom. The Labute approximate surface area is 199 Å². The Morgan fingerprint density at radius 3 is 2.41 bits per heavy atom. The van der Waals surface area contributed by atoms with Crippen molar-refractivity contribution in [1.29, 1.82) is 0 Å². The lowest BCUT2D eigenvalue weighted by atomic mass is 9.93. The molecule has 0 bridgehead atoms. The molecule has 0 saturated heterocycles. The highest BCUT2D eigenvalue weighted by atomic mass is 32.2. The van der Waals surface area contributed by atoms with Crippen molar-refractivity contribution in [3.63, 3.8) is 0 Å². The van der Waals surface area contributed by atoms with Crippen LogP contribution in [0.25, 0.3) is 34.0 Å². The van der Waals surface area contributed by atoms with E-state index in [1.165, 1.54) is 12.3 Å². The van der Waals surface area contributed by atoms with Crippen molar-refractivity contribution in [2.45, 2.75) is 30.5 Å². The molecule has 3 N–H and O–H groups in total. The van der Waals surface area contributed by atoms with Crippen molar-refractivity contribution in [2.75, 3.05) is 12.8 Å². The van der Waals surface area contributed by atoms with Crippen molar-refractivity contribution in [2.24, 2.45) is 0 Å². The van der Waals surface area contributed by atoms with Gasteiger partial charge in [0.15, 0.2) is 27.1 Å². The molecule has 2 radical (unpaired) electrons. The third-order valence-electron chi connectivity index (χ3n) is 5.41. The Hall–Kier alpha value is -3.50. The van der Waals surface area contributed by atoms with Crippen molar-refractivity contribution in [1.82, 2.24) is 20.4 Å². The molecule has 0 atom stereocenters. The molecule has 2 heterocycles. The van der Waals surface area contributed by atoms with Crippen LogP contribution in [0.15, 0.2) is 64.1 Å². The first kappa shape index (κ1) is 23.7. The molecule has 0 aliphatic carbocycles. The van der Waals surface area contributed by atoms with Gasteiger partial charge in [0.05, 0.1) is 22.0 Å². The molecule has 0 saturated carbocycles. The molecule has 34 heavy (non-hydrogen) atoms. The smallest absolute Gasteiger partial charge is 0.189 e. The van der Waals surface area contributed by atoms with E-state index in [1.807, 2.05) is 31.3 Å². The molecule has 4 aromatic rings. The van der Waals surface area contributed by atoms with Crippen molar-refractivity contribution < 1.29 is 12.9 Å². The van der Waals surface area contributed by atoms with Crippen LogP contribution in [0.2, 0.25) is 0 Å². The Kier molecular flexibility index (Phi) is 6.54. The maximum absolute atomic E-state index is 12.5. The van der Waals surface area contributed by atoms with E-state index in [0.717, 1.165) is 17.7 Å². The van der Waals surface area contributed by atoms with Gasteiger partial charge >= 0.3 is 0 Å². The lowest BCUT2D eigenvalue weighted by Gasteiger charge is -2.12. The summed E-state index contributed by atoms with van der Waals surface area (Å²) in [6, 6.07) is 14.4. The number of rotatable bonds is 7. The standard InChI is InChI=1S/C24H24BN5O3S/c1-14(2)34(31,32)22-9-8-17(10-18(22)25)20-13-28-24(26)23(29-20)21-11-19(30-33-21)16-6-4-15(5-7-16)12-27-3/h4-11,13-14,27H,12H2,1-3H3,(H2,26,28). The predicted octanol–water partition coefficient (Wildman–Crippen LogP) is 2.74. The van der Waals surface area contributed by atoms with Gasteiger partial charge in [-0.15, -0.1) is 0 Å². The van der Waals surface area contributed by atoms with Crippen LogP contribution in [-0.2, 0) is 16.4 Å². The van der Waals surface area contributed by atoms with Crippen LogP contribution < -0.4 is 16.5 Å². The molecule has 0 fully saturated rings. The van der Waals surface area contributed by atoms with Gasteiger partial charge in [0.2, 0.25) is 0 Å². The van der Waals surface area contributed by atoms with Crippen LogP contribution in [0.4, 0.5) is 5.82 Å². The van der Waals surface area contributed by atoms with Gasteiger partial charge in [-0.25, -0.2) is 18.4 Å². The second kappa shape index (κ2) is 9.40. The summed E-state index contributed by atoms with van der Waals surface area (Å²) in [6.45, 7) is 4.00. The van der Waals surface area contributed by atoms with Crippen molar-refractivity contribution in [3.8, 4) is 34.0 Å². The lowest BCUT2D eigenvalue weighted by Crippen LogP contribution is -2.22. The molecule has 0 unspecified atom stereocenters. The number of benzene rings is 2. The Morgan fingerprint density at radius 2 is 1.76 bits per heavy atom. The van der Waals surface area contributed by atoms with Crippen LogP contribution in [-0.4, -0.2) is 43.7 Å². The van der Waals surface area contributed by atoms with Gasteiger partial charge in [0.1, 0.15) is 13.5 Å². The van der Waals surface area contributed by atoms with Gasteiger partial charge in [-0.3, -0.25) is 0 Å². The summed E-state index contributed by atoms with van der Waals surface area (Å²) >= 11 is 0. The number of aromatic nitrogens is 3. The highest BCUT2D eigenvalue weighted by Gasteiger charge is 2.22. The van der Waals surface area contributed by atoms with E-state index in [4.69, 9.17) is 18.1 Å². The summed E-state index contributed by atoms with van der Waals surface area (Å²) in [5, 5.41) is 6.68. The van der Waals surface area contributed by atoms with E-state index in [-0.39, 0.29) is 16.2 Å². The van der Waals surface area contributed by atoms with Crippen LogP contribution in [0.3, 0.4) is 0 Å². The monoisotopic (exact) mass is 473 g/mol. The highest BCUT2D eigenvalue weighted by molar-refractivity contribution is 7.92. The van der Waals surface area contributed by atoms with Gasteiger partial charge in [0, 0.05) is 23.7 Å². The Balaban J connectivity index is 1.67. The summed E-state index contributed by atoms with van der Waals surface area (Å²) in [4.78, 5) is 8.92. The number of hydrogen-bond acceptors (Lipinski definition) is 8. The average molecular weight is 473 g/mol. The number of anilines is 1. The fourth-order valence-electron chi connectivity index (χ4n) is 3.46. The van der Waals surface area contributed by atoms with Gasteiger partial charge in [-0.2, -0.15) is 0 Å². The summed E-state index contributed by atoms with van der Waals surface area (Å²) in [5.74, 6) is 0.552. The van der Waals surface area contributed by atoms with Gasteiger partial charge < -0.3 is 15.6 Å². The van der Waals surface area contributed by atoms with Crippen molar-refractivity contribution >= 4 is 29.0 Å². The van der Waals surface area contributed by atoms with E-state index in [1.54, 1.807) is 32.0 Å². The number of sulfone groups is 1. The van der Waals surface area contributed by atoms with Crippen LogP contribution >= 0.6 is 0 Å². The average Bonchev–Trinajstić information content (AvgIpc) is 3.30. The number of nitrogens with zero attached hydrogens (tertiary/aromatic N) is 3. The molecule has 0 aliphatic rings. The number of nitrogen functional groups attached to an aromatic ring is 1. The van der Waals surface area contributed by atoms with E-state index in [2.05, 4.69) is 20.4 Å². The molecular weight excluding hydrogens is 449 g/mol. The zero-order valence-corrected chi connectivity index (χ0v) is 19.9. The molecule has 10 heteroatoms. The molecule has 0 aliphatic heterocycles. The van der Waals surface area contributed by atoms with Gasteiger partial charge in [0.25, 0.3) is 0 Å². The fourth-order valence-corrected chi connectivity index (χ4v) is 4.61. The predicted molar refractivity (Wildman–Crippen MR) is 133 cm³/mol. The zero-order valence-electron chi connectivity index (χ0n) is 19.1. The first-order chi connectivity index (χ1) is 16.2. The molecular formula is C24H24BN5O3S. The quantitative estimate of drug-likeness (QED) is 0.393. The van der Waals surface area contributed by atoms with E-state index < -0.39 is 15.1 Å². The molecule has 8 nitrogen and oxygen atoms in total. The van der Waals surface area contributed by atoms with Crippen LogP contribution in [0, 0.1) is 0 Å². The molecule has 0 spiro atoms. The molecule has 2 aromatic carbocycles. The number of nitrogens with two attached hydrogens (primary N) is 1. The summed E-state index contributed by atoms with van der Waals surface area (Å²) < 4.78 is 30.5. The topological polar surface area (TPSA) is 124 Å². The van der Waals surface area contributed by atoms with E-state index >= 15 is 0 Å². The third kappa shape index (κ3) is 4.60. The second-order valence-electron chi connectivity index (χ2n) is 8.14. The van der Waals surface area contributed by atoms with Gasteiger partial charge in [-0.05, 0) is 32.5 Å². The minimum absolute atomic E-state index is 0.0930. The SMILES string of the molecule is [B]c1cc(-c2cnc(N)c(-c3cc(-c4ccc(CNC)cc4)no3)n2)ccc1S(=O)(=O)C(C)C. The summed E-state index contributed by atoms with van der Waals surface area (Å²) in [7, 11) is 4.47. The van der Waals surface area contributed by atoms with Crippen LogP contribution in [0.5, 0.6) is 0 Å². The largest absolute Gasteiger partial charge is 0.382 e. The first-order valence-corrected chi connectivity index (χ1v) is 12.2. The Bertz CT molecular complexity index is 1430. The molecule has 2 aromatic heterocycles. The van der Waals surface area contributed by atoms with Crippen molar-refractivity contribution in [3.05, 3.63) is 60.3 Å². The maximum Gasteiger partial charge on any atom is 0.189 e. The summed E-state index contributed by atoms with van der Waals surface area (Å²) in [5.41, 5.74) is 10.3. The summed E-state index contributed by atoms with van der Waals surface area (Å²) in [6.07, 6.45) is 1.50. The molecule has 4 rings (SSSR count). The van der Waals surface area contributed by atoms with Gasteiger partial charge in [-0.1, -0.05) is 47.0 Å². The van der Waals surface area contributed by atoms with E-state index in [9.17, 15) is 8.42 Å². The van der Waals surface area contributed by atoms with E-state index in [0.29, 0.717) is 28.4 Å². The minimum Gasteiger partial charge on any atom is -0.382 e. The lowest BCUT2D eigenvalue weighted by molar-refractivity contribution is 0.434. The molecule has 0 amide bonds. The highest BCUT2D eigenvalue weighted by Crippen LogP contribution is 2.30. The zero-order chi connectivity index (χ0) is 24.5. The van der Waals surface area contributed by atoms with Crippen LogP contribution in [0.1, 0.15) is 19.4 Å². The number of nitrogens with one attached hydrogen (secondary N) is 1. The third-order valence-corrected chi connectivity index (χ3v) is 7.63. The number of hydrogen-bond donors (Lipinski definition) is 2. The molecule has 172 valence electrons. The minimum atomic E-state index is -3.50. The normalized spacial score (nSPS) is 11.8. The first-order valence-electron chi connectivity index (χ1n) is 10.7.